The molecule has 0 aromatic heterocycles. The van der Waals surface area contributed by atoms with Crippen LogP contribution in [0.4, 0.5) is 0 Å². The number of rotatable bonds is 20. The van der Waals surface area contributed by atoms with Crippen molar-refractivity contribution >= 4 is 23.5 Å². The van der Waals surface area contributed by atoms with E-state index in [0.717, 1.165) is 54.9 Å². The molecule has 7 rings (SSSR count). The molecular weight excluding hydrogens is 769 g/mol. The Bertz CT molecular complexity index is 1970. The molecule has 0 amide bonds. The predicted octanol–water partition coefficient (Wildman–Crippen LogP) is 9.35. The van der Waals surface area contributed by atoms with E-state index in [1.807, 2.05) is 146 Å². The molecule has 5 aromatic rings. The zero-order valence-corrected chi connectivity index (χ0v) is 34.5. The van der Waals surface area contributed by atoms with E-state index in [-0.39, 0.29) is 19.8 Å². The zero-order valence-electron chi connectivity index (χ0n) is 32.9. The van der Waals surface area contributed by atoms with Crippen LogP contribution in [0.2, 0.25) is 0 Å². The SMILES string of the molecule is COc1ccc(COCCC2=C([C@]3(O)O[C@H](COCc4ccccc4)[C@@H](OCc4ccccc4)[C@H](OCc4ccccc4)[C@H]3OCc3ccccc3)SCCS2)cc1. The monoisotopic (exact) mass is 820 g/mol. The topological polar surface area (TPSA) is 84.8 Å². The lowest BCUT2D eigenvalue weighted by atomic mass is 9.90. The molecule has 0 spiro atoms. The Hall–Kier alpha value is -3.94. The van der Waals surface area contributed by atoms with Crippen LogP contribution in [0.15, 0.2) is 155 Å². The first-order valence-corrected chi connectivity index (χ1v) is 21.7. The summed E-state index contributed by atoms with van der Waals surface area (Å²) in [6.07, 6.45) is -2.52. The summed E-state index contributed by atoms with van der Waals surface area (Å²) in [5.74, 6) is 0.605. The highest BCUT2D eigenvalue weighted by molar-refractivity contribution is 8.10. The molecule has 0 bridgehead atoms. The fraction of sp³-hybridized carbons (Fsp3) is 0.333. The van der Waals surface area contributed by atoms with Crippen molar-refractivity contribution in [2.24, 2.45) is 0 Å². The average molecular weight is 821 g/mol. The molecule has 1 saturated heterocycles. The molecule has 5 atom stereocenters. The summed E-state index contributed by atoms with van der Waals surface area (Å²) < 4.78 is 45.6. The summed E-state index contributed by atoms with van der Waals surface area (Å²) in [5.41, 5.74) is 5.07. The van der Waals surface area contributed by atoms with Gasteiger partial charge in [0, 0.05) is 22.8 Å². The van der Waals surface area contributed by atoms with E-state index >= 15 is 0 Å². The summed E-state index contributed by atoms with van der Waals surface area (Å²) in [5, 5.41) is 13.4. The first kappa shape index (κ1) is 42.2. The van der Waals surface area contributed by atoms with Crippen LogP contribution >= 0.6 is 23.5 Å². The molecule has 1 fully saturated rings. The molecule has 0 unspecified atom stereocenters. The Kier molecular flexibility index (Phi) is 15.9. The fourth-order valence-electron chi connectivity index (χ4n) is 7.06. The van der Waals surface area contributed by atoms with Gasteiger partial charge in [0.25, 0.3) is 0 Å². The van der Waals surface area contributed by atoms with Crippen molar-refractivity contribution in [3.05, 3.63) is 183 Å². The first-order chi connectivity index (χ1) is 28.6. The highest BCUT2D eigenvalue weighted by Crippen LogP contribution is 2.49. The van der Waals surface area contributed by atoms with Crippen molar-refractivity contribution in [3.8, 4) is 5.75 Å². The van der Waals surface area contributed by atoms with Crippen LogP contribution in [0.1, 0.15) is 34.2 Å². The normalized spacial score (nSPS) is 22.2. The Morgan fingerprint density at radius 2 is 1.05 bits per heavy atom. The highest BCUT2D eigenvalue weighted by atomic mass is 32.2. The van der Waals surface area contributed by atoms with E-state index in [1.54, 1.807) is 30.6 Å². The summed E-state index contributed by atoms with van der Waals surface area (Å²) in [6, 6.07) is 48.0. The van der Waals surface area contributed by atoms with Crippen LogP contribution in [0.5, 0.6) is 5.75 Å². The number of ether oxygens (including phenoxy) is 7. The number of methoxy groups -OCH3 is 1. The number of thioether (sulfide) groups is 2. The molecule has 58 heavy (non-hydrogen) atoms. The molecule has 0 radical (unpaired) electrons. The Labute approximate surface area is 350 Å². The molecule has 2 aliphatic heterocycles. The van der Waals surface area contributed by atoms with Crippen LogP contribution in [-0.2, 0) is 61.5 Å². The lowest BCUT2D eigenvalue weighted by Crippen LogP contribution is -2.67. The second-order valence-electron chi connectivity index (χ2n) is 14.2. The van der Waals surface area contributed by atoms with Gasteiger partial charge in [-0.05, 0) is 39.9 Å². The van der Waals surface area contributed by atoms with Gasteiger partial charge in [0.1, 0.15) is 30.2 Å². The summed E-state index contributed by atoms with van der Waals surface area (Å²) in [4.78, 5) is 1.73. The lowest BCUT2D eigenvalue weighted by Gasteiger charge is -2.51. The molecule has 10 heteroatoms. The first-order valence-electron chi connectivity index (χ1n) is 19.8. The maximum Gasteiger partial charge on any atom is 0.229 e. The van der Waals surface area contributed by atoms with E-state index < -0.39 is 30.2 Å². The molecule has 0 saturated carbocycles. The minimum Gasteiger partial charge on any atom is -0.497 e. The minimum absolute atomic E-state index is 0.151. The molecule has 2 aliphatic rings. The van der Waals surface area contributed by atoms with Gasteiger partial charge in [0.15, 0.2) is 0 Å². The fourth-order valence-corrected chi connectivity index (χ4v) is 9.67. The maximum atomic E-state index is 13.4. The smallest absolute Gasteiger partial charge is 0.229 e. The van der Waals surface area contributed by atoms with Gasteiger partial charge in [-0.15, -0.1) is 23.5 Å². The minimum atomic E-state index is -1.90. The number of hydrogen-bond donors (Lipinski definition) is 1. The molecular formula is C48H52O8S2. The van der Waals surface area contributed by atoms with E-state index in [4.69, 9.17) is 33.2 Å². The van der Waals surface area contributed by atoms with Crippen LogP contribution in [0.3, 0.4) is 0 Å². The molecule has 8 nitrogen and oxygen atoms in total. The molecule has 304 valence electrons. The molecule has 2 heterocycles. The number of hydrogen-bond acceptors (Lipinski definition) is 10. The van der Waals surface area contributed by atoms with Crippen molar-refractivity contribution in [2.45, 2.75) is 69.7 Å². The van der Waals surface area contributed by atoms with Gasteiger partial charge in [-0.1, -0.05) is 133 Å². The van der Waals surface area contributed by atoms with Gasteiger partial charge < -0.3 is 38.3 Å². The third kappa shape index (κ3) is 11.6. The van der Waals surface area contributed by atoms with E-state index in [1.165, 1.54) is 0 Å². The summed E-state index contributed by atoms with van der Waals surface area (Å²) in [7, 11) is 1.66. The maximum absolute atomic E-state index is 13.4. The number of aliphatic hydroxyl groups is 1. The predicted molar refractivity (Wildman–Crippen MR) is 230 cm³/mol. The molecule has 1 N–H and O–H groups in total. The van der Waals surface area contributed by atoms with Gasteiger partial charge >= 0.3 is 0 Å². The third-order valence-electron chi connectivity index (χ3n) is 10.0. The molecule has 0 aliphatic carbocycles. The van der Waals surface area contributed by atoms with E-state index in [9.17, 15) is 5.11 Å². The quantitative estimate of drug-likeness (QED) is 0.0768. The Balaban J connectivity index is 1.23. The average Bonchev–Trinajstić information content (AvgIpc) is 3.28. The van der Waals surface area contributed by atoms with Gasteiger partial charge in [0.2, 0.25) is 5.79 Å². The van der Waals surface area contributed by atoms with Crippen LogP contribution < -0.4 is 4.74 Å². The number of benzene rings is 5. The van der Waals surface area contributed by atoms with Crippen molar-refractivity contribution in [1.82, 2.24) is 0 Å². The lowest BCUT2D eigenvalue weighted by molar-refractivity contribution is -0.353. The van der Waals surface area contributed by atoms with E-state index in [2.05, 4.69) is 0 Å². The third-order valence-corrected chi connectivity index (χ3v) is 12.8. The largest absolute Gasteiger partial charge is 0.497 e. The van der Waals surface area contributed by atoms with Crippen molar-refractivity contribution < 1.29 is 38.3 Å². The second-order valence-corrected chi connectivity index (χ2v) is 16.5. The Morgan fingerprint density at radius 1 is 0.569 bits per heavy atom. The Morgan fingerprint density at radius 3 is 1.62 bits per heavy atom. The van der Waals surface area contributed by atoms with E-state index in [0.29, 0.717) is 32.8 Å². The second kappa shape index (κ2) is 21.9. The van der Waals surface area contributed by atoms with Gasteiger partial charge in [0.05, 0.1) is 58.3 Å². The van der Waals surface area contributed by atoms with Crippen LogP contribution in [0, 0.1) is 0 Å². The summed E-state index contributed by atoms with van der Waals surface area (Å²) in [6.45, 7) is 2.27. The summed E-state index contributed by atoms with van der Waals surface area (Å²) >= 11 is 3.34. The van der Waals surface area contributed by atoms with Crippen molar-refractivity contribution in [2.75, 3.05) is 31.8 Å². The van der Waals surface area contributed by atoms with Crippen molar-refractivity contribution in [1.29, 1.82) is 0 Å². The molecule has 5 aromatic carbocycles. The van der Waals surface area contributed by atoms with Crippen LogP contribution in [-0.4, -0.2) is 67.1 Å². The van der Waals surface area contributed by atoms with Gasteiger partial charge in [-0.3, -0.25) is 0 Å². The zero-order chi connectivity index (χ0) is 39.8. The van der Waals surface area contributed by atoms with Crippen molar-refractivity contribution in [3.63, 3.8) is 0 Å². The van der Waals surface area contributed by atoms with Crippen LogP contribution in [0.25, 0.3) is 0 Å². The highest BCUT2D eigenvalue weighted by Gasteiger charge is 2.59. The van der Waals surface area contributed by atoms with Gasteiger partial charge in [-0.25, -0.2) is 0 Å². The standard InChI is InChI=1S/C48H52O8S2/c1-50-41-24-22-40(23-25-41)30-51-27-26-43-47(58-29-28-57-43)48(49)46(55-34-39-20-12-5-13-21-39)45(54-33-38-18-10-4-11-19-38)44(53-32-37-16-8-3-9-17-37)42(56-48)35-52-31-36-14-6-2-7-15-36/h2-25,42,44-46,49H,26-35H2,1H3/t42-,44-,45+,46-,48-/m1/s1. The van der Waals surface area contributed by atoms with Gasteiger partial charge in [-0.2, -0.15) is 0 Å².